The van der Waals surface area contributed by atoms with Gasteiger partial charge >= 0.3 is 0 Å². The molecule has 0 aliphatic heterocycles. The fourth-order valence-electron chi connectivity index (χ4n) is 1.64. The van der Waals surface area contributed by atoms with Crippen LogP contribution in [0.15, 0.2) is 42.5 Å². The van der Waals surface area contributed by atoms with E-state index in [1.165, 1.54) is 12.1 Å². The number of carbonyl (C=O) groups excluding carboxylic acids is 1. The second kappa shape index (κ2) is 5.63. The van der Waals surface area contributed by atoms with Crippen LogP contribution in [0.1, 0.15) is 15.9 Å². The normalized spacial score (nSPS) is 10.2. The summed E-state index contributed by atoms with van der Waals surface area (Å²) in [6.45, 7) is 0.305. The molecule has 2 aromatic carbocycles. The summed E-state index contributed by atoms with van der Waals surface area (Å²) in [5.74, 6) is -0.773. The van der Waals surface area contributed by atoms with Crippen molar-refractivity contribution >= 4 is 17.5 Å². The Morgan fingerprint density at radius 3 is 2.63 bits per heavy atom. The van der Waals surface area contributed by atoms with Gasteiger partial charge in [-0.05, 0) is 29.8 Å². The predicted molar refractivity (Wildman–Crippen MR) is 72.4 cm³/mol. The molecular weight excluding hydrogens is 266 g/mol. The van der Waals surface area contributed by atoms with E-state index in [2.05, 4.69) is 5.32 Å². The van der Waals surface area contributed by atoms with Gasteiger partial charge in [-0.25, -0.2) is 0 Å². The number of nitrogens with one attached hydrogen (secondary N) is 1. The molecule has 0 bridgehead atoms. The lowest BCUT2D eigenvalue weighted by Crippen LogP contribution is -2.22. The Labute approximate surface area is 115 Å². The fourth-order valence-corrected chi connectivity index (χ4v) is 1.85. The number of aromatic hydroxyl groups is 2. The highest BCUT2D eigenvalue weighted by Crippen LogP contribution is 2.22. The first-order chi connectivity index (χ1) is 9.06. The molecule has 0 saturated carbocycles. The molecule has 0 saturated heterocycles. The maximum atomic E-state index is 11.8. The maximum absolute atomic E-state index is 11.8. The van der Waals surface area contributed by atoms with Gasteiger partial charge in [-0.1, -0.05) is 23.7 Å². The van der Waals surface area contributed by atoms with Crippen LogP contribution in [0.2, 0.25) is 5.02 Å². The van der Waals surface area contributed by atoms with Gasteiger partial charge < -0.3 is 15.5 Å². The van der Waals surface area contributed by atoms with Crippen LogP contribution >= 0.6 is 11.6 Å². The average molecular weight is 278 g/mol. The summed E-state index contributed by atoms with van der Waals surface area (Å²) in [4.78, 5) is 11.8. The lowest BCUT2D eigenvalue weighted by Gasteiger charge is -2.07. The summed E-state index contributed by atoms with van der Waals surface area (Å²) in [6, 6.07) is 10.9. The van der Waals surface area contributed by atoms with Crippen LogP contribution in [0.4, 0.5) is 0 Å². The molecular formula is C14H12ClNO3. The number of benzene rings is 2. The van der Waals surface area contributed by atoms with Gasteiger partial charge in [0.05, 0.1) is 5.56 Å². The van der Waals surface area contributed by atoms with Gasteiger partial charge in [0.25, 0.3) is 5.91 Å². The Morgan fingerprint density at radius 1 is 1.16 bits per heavy atom. The number of hydrogen-bond acceptors (Lipinski definition) is 3. The van der Waals surface area contributed by atoms with Gasteiger partial charge in [0.1, 0.15) is 11.5 Å². The lowest BCUT2D eigenvalue weighted by atomic mass is 10.1. The summed E-state index contributed by atoms with van der Waals surface area (Å²) < 4.78 is 0. The lowest BCUT2D eigenvalue weighted by molar-refractivity contribution is 0.0948. The van der Waals surface area contributed by atoms with E-state index in [4.69, 9.17) is 16.7 Å². The summed E-state index contributed by atoms with van der Waals surface area (Å²) in [5.41, 5.74) is 0.971. The quantitative estimate of drug-likeness (QED) is 0.808. The molecule has 5 heteroatoms. The van der Waals surface area contributed by atoms with Crippen molar-refractivity contribution in [3.8, 4) is 11.5 Å². The second-order valence-electron chi connectivity index (χ2n) is 4.01. The molecule has 0 aliphatic rings. The fraction of sp³-hybridized carbons (Fsp3) is 0.0714. The zero-order valence-electron chi connectivity index (χ0n) is 9.93. The average Bonchev–Trinajstić information content (AvgIpc) is 2.36. The molecule has 0 aromatic heterocycles. The molecule has 0 atom stereocenters. The van der Waals surface area contributed by atoms with E-state index in [9.17, 15) is 9.90 Å². The van der Waals surface area contributed by atoms with Gasteiger partial charge in [0.15, 0.2) is 0 Å². The van der Waals surface area contributed by atoms with Crippen LogP contribution in [-0.2, 0) is 6.54 Å². The SMILES string of the molecule is O=C(NCc1cccc(Cl)c1)c1ccc(O)cc1O. The van der Waals surface area contributed by atoms with Gasteiger partial charge in [-0.3, -0.25) is 4.79 Å². The van der Waals surface area contributed by atoms with E-state index in [-0.39, 0.29) is 17.1 Å². The number of carbonyl (C=O) groups is 1. The molecule has 0 fully saturated rings. The Kier molecular flexibility index (Phi) is 3.92. The summed E-state index contributed by atoms with van der Waals surface area (Å²) in [6.07, 6.45) is 0. The molecule has 2 rings (SSSR count). The number of phenols is 2. The summed E-state index contributed by atoms with van der Waals surface area (Å²) in [7, 11) is 0. The van der Waals surface area contributed by atoms with Gasteiger partial charge in [0, 0.05) is 17.6 Å². The van der Waals surface area contributed by atoms with Crippen molar-refractivity contribution < 1.29 is 15.0 Å². The molecule has 1 amide bonds. The van der Waals surface area contributed by atoms with Crippen molar-refractivity contribution in [3.63, 3.8) is 0 Å². The number of rotatable bonds is 3. The highest BCUT2D eigenvalue weighted by Gasteiger charge is 2.11. The molecule has 98 valence electrons. The van der Waals surface area contributed by atoms with E-state index in [1.807, 2.05) is 6.07 Å². The second-order valence-corrected chi connectivity index (χ2v) is 4.45. The Bertz CT molecular complexity index is 613. The van der Waals surface area contributed by atoms with Crippen LogP contribution in [0.5, 0.6) is 11.5 Å². The summed E-state index contributed by atoms with van der Waals surface area (Å²) in [5, 5.41) is 22.0. The first kappa shape index (κ1) is 13.2. The van der Waals surface area contributed by atoms with E-state index < -0.39 is 5.91 Å². The Hall–Kier alpha value is -2.20. The third kappa shape index (κ3) is 3.39. The molecule has 4 nitrogen and oxygen atoms in total. The Balaban J connectivity index is 2.05. The third-order valence-electron chi connectivity index (χ3n) is 2.57. The highest BCUT2D eigenvalue weighted by atomic mass is 35.5. The summed E-state index contributed by atoms with van der Waals surface area (Å²) >= 11 is 5.84. The van der Waals surface area contributed by atoms with E-state index in [0.29, 0.717) is 11.6 Å². The number of phenolic OH excluding ortho intramolecular Hbond substituents is 2. The Morgan fingerprint density at radius 2 is 1.95 bits per heavy atom. The zero-order chi connectivity index (χ0) is 13.8. The smallest absolute Gasteiger partial charge is 0.255 e. The van der Waals surface area contributed by atoms with Crippen LogP contribution < -0.4 is 5.32 Å². The molecule has 2 aromatic rings. The molecule has 0 aliphatic carbocycles. The van der Waals surface area contributed by atoms with Crippen molar-refractivity contribution in [2.24, 2.45) is 0 Å². The standard InChI is InChI=1S/C14H12ClNO3/c15-10-3-1-2-9(6-10)8-16-14(19)12-5-4-11(17)7-13(12)18/h1-7,17-18H,8H2,(H,16,19). The van der Waals surface area contributed by atoms with Gasteiger partial charge in [-0.15, -0.1) is 0 Å². The first-order valence-electron chi connectivity index (χ1n) is 5.61. The molecule has 0 heterocycles. The first-order valence-corrected chi connectivity index (χ1v) is 5.98. The molecule has 0 spiro atoms. The molecule has 19 heavy (non-hydrogen) atoms. The van der Waals surface area contributed by atoms with Crippen LogP contribution in [0, 0.1) is 0 Å². The topological polar surface area (TPSA) is 69.6 Å². The predicted octanol–water partition coefficient (Wildman–Crippen LogP) is 2.68. The van der Waals surface area contributed by atoms with Crippen molar-refractivity contribution in [1.29, 1.82) is 0 Å². The third-order valence-corrected chi connectivity index (χ3v) is 2.80. The van der Waals surface area contributed by atoms with Gasteiger partial charge in [-0.2, -0.15) is 0 Å². The van der Waals surface area contributed by atoms with Gasteiger partial charge in [0.2, 0.25) is 0 Å². The molecule has 0 unspecified atom stereocenters. The van der Waals surface area contributed by atoms with Crippen LogP contribution in [-0.4, -0.2) is 16.1 Å². The van der Waals surface area contributed by atoms with Crippen molar-refractivity contribution in [2.45, 2.75) is 6.54 Å². The van der Waals surface area contributed by atoms with E-state index in [0.717, 1.165) is 11.6 Å². The minimum atomic E-state index is -0.419. The number of amides is 1. The highest BCUT2D eigenvalue weighted by molar-refractivity contribution is 6.30. The minimum absolute atomic E-state index is 0.0936. The number of halogens is 1. The monoisotopic (exact) mass is 277 g/mol. The number of hydrogen-bond donors (Lipinski definition) is 3. The molecule has 0 radical (unpaired) electrons. The zero-order valence-corrected chi connectivity index (χ0v) is 10.7. The van der Waals surface area contributed by atoms with Crippen molar-refractivity contribution in [2.75, 3.05) is 0 Å². The van der Waals surface area contributed by atoms with E-state index in [1.54, 1.807) is 18.2 Å². The van der Waals surface area contributed by atoms with Crippen molar-refractivity contribution in [3.05, 3.63) is 58.6 Å². The van der Waals surface area contributed by atoms with Crippen molar-refractivity contribution in [1.82, 2.24) is 5.32 Å². The maximum Gasteiger partial charge on any atom is 0.255 e. The van der Waals surface area contributed by atoms with Crippen LogP contribution in [0.3, 0.4) is 0 Å². The largest absolute Gasteiger partial charge is 0.508 e. The van der Waals surface area contributed by atoms with Crippen LogP contribution in [0.25, 0.3) is 0 Å². The van der Waals surface area contributed by atoms with E-state index >= 15 is 0 Å². The minimum Gasteiger partial charge on any atom is -0.508 e. The molecule has 3 N–H and O–H groups in total.